The van der Waals surface area contributed by atoms with Gasteiger partial charge in [-0.3, -0.25) is 14.4 Å². The Kier molecular flexibility index (Phi) is 12.3. The number of benzene rings is 2. The van der Waals surface area contributed by atoms with Crippen molar-refractivity contribution in [3.63, 3.8) is 0 Å². The highest BCUT2D eigenvalue weighted by Gasteiger charge is 2.35. The number of hydrogen-bond acceptors (Lipinski definition) is 7. The predicted molar refractivity (Wildman–Crippen MR) is 181 cm³/mol. The minimum atomic E-state index is -4.45. The number of ether oxygens (including phenoxy) is 1. The normalized spacial score (nSPS) is 14.7. The van der Waals surface area contributed by atoms with Crippen LogP contribution in [0.4, 0.5) is 5.69 Å². The van der Waals surface area contributed by atoms with E-state index in [9.17, 15) is 27.4 Å². The van der Waals surface area contributed by atoms with Crippen molar-refractivity contribution in [1.82, 2.24) is 0 Å². The number of imide groups is 1. The Bertz CT molecular complexity index is 1540. The Balaban J connectivity index is 0.000000341. The fourth-order valence-corrected chi connectivity index (χ4v) is 6.21. The first-order valence-electron chi connectivity index (χ1n) is 15.7. The summed E-state index contributed by atoms with van der Waals surface area (Å²) in [5.74, 6) is -0.780. The Labute approximate surface area is 276 Å². The van der Waals surface area contributed by atoms with Crippen LogP contribution in [0.3, 0.4) is 0 Å². The fraction of sp³-hybridized carbons (Fsp3) is 0.528. The minimum Gasteiger partial charge on any atom is -0.744 e. The number of quaternary nitrogens is 1. The lowest BCUT2D eigenvalue weighted by molar-refractivity contribution is -0.874. The molecule has 1 atom stereocenters. The van der Waals surface area contributed by atoms with Gasteiger partial charge in [0.25, 0.3) is 11.8 Å². The standard InChI is InChI=1S/C21H29N2O4.C15H24O3S/c1-14-9-8-10-15(19(14)22-17(24)11-12-18(22)25)16(13-23(5,6)7)27-20(26)21(2,3)4;1-9(2)12-7-13(10(3)4)15(19(16,17)18)14(8-12)11(5)6/h8-12,16H,13H2,1-7H3;7-11H,1-6H3,(H,16,17,18)/q+1;/p-1. The van der Waals surface area contributed by atoms with E-state index in [2.05, 4.69) is 13.8 Å². The van der Waals surface area contributed by atoms with Crippen molar-refractivity contribution >= 4 is 33.6 Å². The summed E-state index contributed by atoms with van der Waals surface area (Å²) in [4.78, 5) is 38.3. The molecule has 0 radical (unpaired) electrons. The van der Waals surface area contributed by atoms with Gasteiger partial charge in [0.05, 0.1) is 37.1 Å². The molecule has 1 heterocycles. The molecule has 0 aromatic heterocycles. The fourth-order valence-electron chi connectivity index (χ4n) is 5.05. The second-order valence-corrected chi connectivity index (χ2v) is 16.2. The molecule has 46 heavy (non-hydrogen) atoms. The van der Waals surface area contributed by atoms with Crippen LogP contribution in [0.25, 0.3) is 0 Å². The van der Waals surface area contributed by atoms with Gasteiger partial charge in [-0.1, -0.05) is 71.9 Å². The molecule has 0 aliphatic carbocycles. The van der Waals surface area contributed by atoms with E-state index in [1.165, 1.54) is 12.2 Å². The van der Waals surface area contributed by atoms with Crippen molar-refractivity contribution in [3.8, 4) is 0 Å². The summed E-state index contributed by atoms with van der Waals surface area (Å²) in [5.41, 5.74) is 3.64. The van der Waals surface area contributed by atoms with E-state index >= 15 is 0 Å². The molecule has 3 rings (SSSR count). The SMILES string of the molecule is CC(C)c1cc(C(C)C)c(S(=O)(=O)[O-])c(C(C)C)c1.Cc1cccc(C(C[N+](C)(C)C)OC(=O)C(C)(C)C)c1N1C(=O)C=CC1=O. The summed E-state index contributed by atoms with van der Waals surface area (Å²) >= 11 is 0. The number of nitrogens with zero attached hydrogens (tertiary/aromatic N) is 2. The van der Waals surface area contributed by atoms with Crippen molar-refractivity contribution in [3.05, 3.63) is 70.3 Å². The van der Waals surface area contributed by atoms with Crippen molar-refractivity contribution in [2.45, 2.75) is 98.0 Å². The predicted octanol–water partition coefficient (Wildman–Crippen LogP) is 6.72. The number of rotatable bonds is 9. The Morgan fingerprint density at radius 1 is 0.870 bits per heavy atom. The van der Waals surface area contributed by atoms with E-state index in [4.69, 9.17) is 4.74 Å². The van der Waals surface area contributed by atoms with E-state index in [-0.39, 0.29) is 34.5 Å². The van der Waals surface area contributed by atoms with Gasteiger partial charge in [0.1, 0.15) is 16.7 Å². The van der Waals surface area contributed by atoms with Crippen LogP contribution in [-0.4, -0.2) is 62.9 Å². The van der Waals surface area contributed by atoms with Gasteiger partial charge in [-0.15, -0.1) is 0 Å². The Hall–Kier alpha value is -3.34. The molecule has 9 nitrogen and oxygen atoms in total. The zero-order chi connectivity index (χ0) is 35.5. The summed E-state index contributed by atoms with van der Waals surface area (Å²) in [5, 5.41) is 0. The molecule has 0 saturated heterocycles. The maximum atomic E-state index is 12.6. The molecule has 0 fully saturated rings. The average Bonchev–Trinajstić information content (AvgIpc) is 3.22. The molecule has 2 amide bonds. The zero-order valence-electron chi connectivity index (χ0n) is 29.7. The van der Waals surface area contributed by atoms with Gasteiger partial charge in [-0.2, -0.15) is 0 Å². The highest BCUT2D eigenvalue weighted by Crippen LogP contribution is 2.37. The lowest BCUT2D eigenvalue weighted by atomic mass is 9.89. The molecule has 1 aliphatic rings. The van der Waals surface area contributed by atoms with Crippen LogP contribution in [0.1, 0.15) is 114 Å². The molecule has 1 aliphatic heterocycles. The van der Waals surface area contributed by atoms with Crippen LogP contribution >= 0.6 is 0 Å². The highest BCUT2D eigenvalue weighted by atomic mass is 32.2. The Morgan fingerprint density at radius 3 is 1.72 bits per heavy atom. The molecule has 0 bridgehead atoms. The summed E-state index contributed by atoms with van der Waals surface area (Å²) in [6.45, 7) is 19.5. The molecule has 10 heteroatoms. The smallest absolute Gasteiger partial charge is 0.312 e. The lowest BCUT2D eigenvalue weighted by Crippen LogP contribution is -2.41. The molecular formula is C36H52N2O7S. The third-order valence-electron chi connectivity index (χ3n) is 7.55. The van der Waals surface area contributed by atoms with Gasteiger partial charge < -0.3 is 13.8 Å². The zero-order valence-corrected chi connectivity index (χ0v) is 30.5. The molecule has 0 spiro atoms. The van der Waals surface area contributed by atoms with Gasteiger partial charge >= 0.3 is 5.97 Å². The first-order chi connectivity index (χ1) is 20.9. The summed E-state index contributed by atoms with van der Waals surface area (Å²) in [6.07, 6.45) is 1.93. The third kappa shape index (κ3) is 9.83. The third-order valence-corrected chi connectivity index (χ3v) is 8.52. The number of aryl methyl sites for hydroxylation is 1. The number of carbonyl (C=O) groups is 3. The number of amides is 2. The second-order valence-electron chi connectivity index (χ2n) is 14.9. The van der Waals surface area contributed by atoms with Gasteiger partial charge in [0, 0.05) is 17.7 Å². The molecule has 2 aromatic carbocycles. The molecular weight excluding hydrogens is 604 g/mol. The largest absolute Gasteiger partial charge is 0.744 e. The van der Waals surface area contributed by atoms with E-state index in [0.29, 0.717) is 39.3 Å². The number of likely N-dealkylation sites (N-methyl/N-ethyl adjacent to an activating group) is 1. The van der Waals surface area contributed by atoms with Crippen molar-refractivity contribution in [1.29, 1.82) is 0 Å². The monoisotopic (exact) mass is 656 g/mol. The second kappa shape index (κ2) is 14.6. The Morgan fingerprint density at radius 2 is 1.35 bits per heavy atom. The molecule has 0 saturated carbocycles. The van der Waals surface area contributed by atoms with Crippen LogP contribution in [0.5, 0.6) is 0 Å². The molecule has 2 aromatic rings. The van der Waals surface area contributed by atoms with Crippen LogP contribution < -0.4 is 4.90 Å². The number of anilines is 1. The average molecular weight is 657 g/mol. The van der Waals surface area contributed by atoms with Gasteiger partial charge in [-0.25, -0.2) is 13.3 Å². The minimum absolute atomic E-state index is 0.00919. The first-order valence-corrected chi connectivity index (χ1v) is 17.1. The number of esters is 1. The maximum Gasteiger partial charge on any atom is 0.312 e. The molecule has 0 N–H and O–H groups in total. The molecule has 254 valence electrons. The summed E-state index contributed by atoms with van der Waals surface area (Å²) in [7, 11) is 1.56. The first kappa shape index (κ1) is 38.8. The van der Waals surface area contributed by atoms with E-state index in [1.54, 1.807) is 20.8 Å². The van der Waals surface area contributed by atoms with Gasteiger partial charge in [0.2, 0.25) is 0 Å². The van der Waals surface area contributed by atoms with E-state index in [1.807, 2.05) is 86.1 Å². The van der Waals surface area contributed by atoms with Crippen molar-refractivity contribution < 1.29 is 36.6 Å². The van der Waals surface area contributed by atoms with Crippen LogP contribution in [0.15, 0.2) is 47.4 Å². The van der Waals surface area contributed by atoms with E-state index in [0.717, 1.165) is 16.0 Å². The van der Waals surface area contributed by atoms with Crippen LogP contribution in [0, 0.1) is 12.3 Å². The topological polar surface area (TPSA) is 121 Å². The van der Waals surface area contributed by atoms with Gasteiger partial charge in [-0.05, 0) is 67.7 Å². The number of hydrogen-bond donors (Lipinski definition) is 0. The highest BCUT2D eigenvalue weighted by molar-refractivity contribution is 7.85. The lowest BCUT2D eigenvalue weighted by Gasteiger charge is -2.33. The summed E-state index contributed by atoms with van der Waals surface area (Å²) in [6, 6.07) is 9.24. The van der Waals surface area contributed by atoms with Crippen LogP contribution in [0.2, 0.25) is 0 Å². The van der Waals surface area contributed by atoms with Crippen molar-refractivity contribution in [2.75, 3.05) is 32.6 Å². The van der Waals surface area contributed by atoms with Crippen molar-refractivity contribution in [2.24, 2.45) is 5.41 Å². The van der Waals surface area contributed by atoms with E-state index < -0.39 is 21.6 Å². The maximum absolute atomic E-state index is 12.6. The van der Waals surface area contributed by atoms with Gasteiger partial charge in [0.15, 0.2) is 6.10 Å². The summed E-state index contributed by atoms with van der Waals surface area (Å²) < 4.78 is 41.3. The quantitative estimate of drug-likeness (QED) is 0.127. The number of para-hydroxylation sites is 1. The molecule has 1 unspecified atom stereocenters. The number of carbonyl (C=O) groups excluding carboxylic acids is 3. The van der Waals surface area contributed by atoms with Crippen LogP contribution in [-0.2, 0) is 29.2 Å².